The number of hydrogen-bond acceptors (Lipinski definition) is 2. The molecule has 1 amide bonds. The molecule has 80 valence electrons. The molecule has 0 bridgehead atoms. The van der Waals surface area contributed by atoms with Crippen LogP contribution in [0.1, 0.15) is 30.0 Å². The predicted octanol–water partition coefficient (Wildman–Crippen LogP) is 1.27. The van der Waals surface area contributed by atoms with E-state index in [1.807, 2.05) is 12.1 Å². The van der Waals surface area contributed by atoms with E-state index in [9.17, 15) is 4.79 Å². The Balaban J connectivity index is 2.14. The van der Waals surface area contributed by atoms with Gasteiger partial charge in [-0.1, -0.05) is 24.3 Å². The van der Waals surface area contributed by atoms with Crippen molar-refractivity contribution in [2.45, 2.75) is 31.8 Å². The van der Waals surface area contributed by atoms with Gasteiger partial charge in [-0.05, 0) is 30.9 Å². The van der Waals surface area contributed by atoms with Crippen molar-refractivity contribution in [2.24, 2.45) is 5.73 Å². The van der Waals surface area contributed by atoms with Crippen LogP contribution in [0.3, 0.4) is 0 Å². The summed E-state index contributed by atoms with van der Waals surface area (Å²) in [5.41, 5.74) is 7.82. The molecule has 2 unspecified atom stereocenters. The number of hydrogen-bond donors (Lipinski definition) is 2. The Hall–Kier alpha value is -1.35. The lowest BCUT2D eigenvalue weighted by atomic mass is 10.0. The standard InChI is InChI=1S/C12H16N2O/c1-8-4-2-3-5-9(8)10-6-7-11(14-10)12(13)15/h2-5,10-11,14H,6-7H2,1H3,(H2,13,15). The van der Waals surface area contributed by atoms with Crippen molar-refractivity contribution in [3.8, 4) is 0 Å². The van der Waals surface area contributed by atoms with Gasteiger partial charge in [-0.2, -0.15) is 0 Å². The molecule has 15 heavy (non-hydrogen) atoms. The number of primary amides is 1. The molecule has 2 atom stereocenters. The van der Waals surface area contributed by atoms with Crippen molar-refractivity contribution in [2.75, 3.05) is 0 Å². The monoisotopic (exact) mass is 204 g/mol. The Morgan fingerprint density at radius 2 is 2.13 bits per heavy atom. The molecule has 1 saturated heterocycles. The van der Waals surface area contributed by atoms with E-state index in [2.05, 4.69) is 24.4 Å². The van der Waals surface area contributed by atoms with Crippen molar-refractivity contribution in [1.29, 1.82) is 0 Å². The largest absolute Gasteiger partial charge is 0.368 e. The van der Waals surface area contributed by atoms with Gasteiger partial charge in [0, 0.05) is 6.04 Å². The number of benzene rings is 1. The van der Waals surface area contributed by atoms with Gasteiger partial charge < -0.3 is 5.73 Å². The number of nitrogens with two attached hydrogens (primary N) is 1. The fourth-order valence-electron chi connectivity index (χ4n) is 2.19. The van der Waals surface area contributed by atoms with Crippen molar-refractivity contribution in [1.82, 2.24) is 5.32 Å². The van der Waals surface area contributed by atoms with E-state index in [0.29, 0.717) is 0 Å². The van der Waals surface area contributed by atoms with Gasteiger partial charge in [0.2, 0.25) is 5.91 Å². The summed E-state index contributed by atoms with van der Waals surface area (Å²) in [7, 11) is 0. The van der Waals surface area contributed by atoms with Crippen LogP contribution in [0.4, 0.5) is 0 Å². The summed E-state index contributed by atoms with van der Waals surface area (Å²) >= 11 is 0. The molecule has 0 aliphatic carbocycles. The first-order valence-corrected chi connectivity index (χ1v) is 5.29. The minimum atomic E-state index is -0.244. The zero-order chi connectivity index (χ0) is 10.8. The highest BCUT2D eigenvalue weighted by Gasteiger charge is 2.28. The minimum Gasteiger partial charge on any atom is -0.368 e. The van der Waals surface area contributed by atoms with E-state index in [4.69, 9.17) is 5.73 Å². The van der Waals surface area contributed by atoms with Gasteiger partial charge in [0.05, 0.1) is 6.04 Å². The Morgan fingerprint density at radius 1 is 1.40 bits per heavy atom. The third kappa shape index (κ3) is 2.02. The number of carbonyl (C=O) groups excluding carboxylic acids is 1. The quantitative estimate of drug-likeness (QED) is 0.762. The van der Waals surface area contributed by atoms with Gasteiger partial charge in [0.1, 0.15) is 0 Å². The topological polar surface area (TPSA) is 55.1 Å². The van der Waals surface area contributed by atoms with E-state index < -0.39 is 0 Å². The van der Waals surface area contributed by atoms with Crippen LogP contribution in [0, 0.1) is 6.92 Å². The maximum atomic E-state index is 11.0. The van der Waals surface area contributed by atoms with Gasteiger partial charge in [-0.3, -0.25) is 10.1 Å². The molecule has 3 heteroatoms. The van der Waals surface area contributed by atoms with Crippen molar-refractivity contribution in [3.05, 3.63) is 35.4 Å². The highest BCUT2D eigenvalue weighted by Crippen LogP contribution is 2.28. The van der Waals surface area contributed by atoms with Gasteiger partial charge in [0.15, 0.2) is 0 Å². The second-order valence-corrected chi connectivity index (χ2v) is 4.11. The summed E-state index contributed by atoms with van der Waals surface area (Å²) in [5, 5.41) is 3.27. The Bertz CT molecular complexity index is 376. The average molecular weight is 204 g/mol. The SMILES string of the molecule is Cc1ccccc1C1CCC(C(N)=O)N1. The molecule has 1 heterocycles. The first-order chi connectivity index (χ1) is 7.18. The molecule has 2 rings (SSSR count). The predicted molar refractivity (Wildman–Crippen MR) is 59.3 cm³/mol. The molecule has 1 aromatic rings. The molecule has 0 aromatic heterocycles. The number of amides is 1. The molecule has 0 spiro atoms. The van der Waals surface area contributed by atoms with Crippen LogP contribution in [0.25, 0.3) is 0 Å². The lowest BCUT2D eigenvalue weighted by Crippen LogP contribution is -2.37. The molecule has 1 aliphatic heterocycles. The maximum absolute atomic E-state index is 11.0. The fraction of sp³-hybridized carbons (Fsp3) is 0.417. The van der Waals surface area contributed by atoms with E-state index in [0.717, 1.165) is 12.8 Å². The lowest BCUT2D eigenvalue weighted by molar-refractivity contribution is -0.119. The average Bonchev–Trinajstić information content (AvgIpc) is 2.67. The lowest BCUT2D eigenvalue weighted by Gasteiger charge is -2.14. The summed E-state index contributed by atoms with van der Waals surface area (Å²) < 4.78 is 0. The summed E-state index contributed by atoms with van der Waals surface area (Å²) in [6.45, 7) is 2.09. The molecule has 3 nitrogen and oxygen atoms in total. The van der Waals surface area contributed by atoms with Gasteiger partial charge in [-0.15, -0.1) is 0 Å². The number of carbonyl (C=O) groups is 1. The molecule has 0 saturated carbocycles. The number of nitrogens with one attached hydrogen (secondary N) is 1. The van der Waals surface area contributed by atoms with Gasteiger partial charge in [-0.25, -0.2) is 0 Å². The molecule has 1 aromatic carbocycles. The van der Waals surface area contributed by atoms with Crippen LogP contribution in [0.2, 0.25) is 0 Å². The zero-order valence-electron chi connectivity index (χ0n) is 8.86. The normalized spacial score (nSPS) is 25.4. The molecular weight excluding hydrogens is 188 g/mol. The van der Waals surface area contributed by atoms with Gasteiger partial charge in [0.25, 0.3) is 0 Å². The van der Waals surface area contributed by atoms with E-state index >= 15 is 0 Å². The van der Waals surface area contributed by atoms with Gasteiger partial charge >= 0.3 is 0 Å². The summed E-state index contributed by atoms with van der Waals surface area (Å²) in [4.78, 5) is 11.0. The Kier molecular flexibility index (Phi) is 2.73. The van der Waals surface area contributed by atoms with Crippen LogP contribution < -0.4 is 11.1 Å². The summed E-state index contributed by atoms with van der Waals surface area (Å²) in [6, 6.07) is 8.38. The van der Waals surface area contributed by atoms with Crippen LogP contribution in [-0.4, -0.2) is 11.9 Å². The summed E-state index contributed by atoms with van der Waals surface area (Å²) in [6.07, 6.45) is 1.83. The Morgan fingerprint density at radius 3 is 2.73 bits per heavy atom. The minimum absolute atomic E-state index is 0.158. The van der Waals surface area contributed by atoms with Crippen LogP contribution >= 0.6 is 0 Å². The number of rotatable bonds is 2. The van der Waals surface area contributed by atoms with E-state index in [-0.39, 0.29) is 18.0 Å². The highest BCUT2D eigenvalue weighted by atomic mass is 16.1. The second kappa shape index (κ2) is 4.03. The van der Waals surface area contributed by atoms with Crippen LogP contribution in [-0.2, 0) is 4.79 Å². The highest BCUT2D eigenvalue weighted by molar-refractivity contribution is 5.80. The fourth-order valence-corrected chi connectivity index (χ4v) is 2.19. The van der Waals surface area contributed by atoms with Crippen molar-refractivity contribution in [3.63, 3.8) is 0 Å². The summed E-state index contributed by atoms with van der Waals surface area (Å²) in [5.74, 6) is -0.244. The molecule has 1 fully saturated rings. The Labute approximate surface area is 89.7 Å². The van der Waals surface area contributed by atoms with E-state index in [1.165, 1.54) is 11.1 Å². The molecular formula is C12H16N2O. The maximum Gasteiger partial charge on any atom is 0.234 e. The smallest absolute Gasteiger partial charge is 0.234 e. The second-order valence-electron chi connectivity index (χ2n) is 4.11. The first kappa shape index (κ1) is 10.2. The van der Waals surface area contributed by atoms with Crippen molar-refractivity contribution >= 4 is 5.91 Å². The molecule has 1 aliphatic rings. The van der Waals surface area contributed by atoms with Crippen LogP contribution in [0.5, 0.6) is 0 Å². The van der Waals surface area contributed by atoms with E-state index in [1.54, 1.807) is 0 Å². The molecule has 3 N–H and O–H groups in total. The number of aryl methyl sites for hydroxylation is 1. The molecule has 0 radical (unpaired) electrons. The zero-order valence-corrected chi connectivity index (χ0v) is 8.86. The third-order valence-electron chi connectivity index (χ3n) is 3.05. The van der Waals surface area contributed by atoms with Crippen LogP contribution in [0.15, 0.2) is 24.3 Å². The van der Waals surface area contributed by atoms with Crippen molar-refractivity contribution < 1.29 is 4.79 Å². The first-order valence-electron chi connectivity index (χ1n) is 5.29. The third-order valence-corrected chi connectivity index (χ3v) is 3.05.